The number of nitrogens with one attached hydrogen (secondary N) is 1. The summed E-state index contributed by atoms with van der Waals surface area (Å²) in [4.78, 5) is 0.658. The van der Waals surface area contributed by atoms with Crippen molar-refractivity contribution >= 4 is 15.5 Å². The van der Waals surface area contributed by atoms with Gasteiger partial charge in [0.1, 0.15) is 0 Å². The smallest absolute Gasteiger partial charge is 0.205 e. The van der Waals surface area contributed by atoms with E-state index >= 15 is 0 Å². The van der Waals surface area contributed by atoms with Crippen LogP contribution in [0.2, 0.25) is 0 Å². The number of hydrogen-bond acceptors (Lipinski definition) is 3. The Morgan fingerprint density at radius 3 is 2.04 bits per heavy atom. The zero-order valence-corrected chi connectivity index (χ0v) is 16.4. The van der Waals surface area contributed by atoms with E-state index in [1.54, 1.807) is 18.3 Å². The van der Waals surface area contributed by atoms with Gasteiger partial charge in [-0.3, -0.25) is 0 Å². The number of benzene rings is 3. The monoisotopic (exact) mass is 387 g/mol. The summed E-state index contributed by atoms with van der Waals surface area (Å²) >= 11 is 0. The molecule has 3 nitrogen and oxygen atoms in total. The predicted molar refractivity (Wildman–Crippen MR) is 113 cm³/mol. The summed E-state index contributed by atoms with van der Waals surface area (Å²) in [7, 11) is -3.63. The maximum absolute atomic E-state index is 13.4. The van der Waals surface area contributed by atoms with E-state index in [1.165, 1.54) is 0 Å². The van der Waals surface area contributed by atoms with Crippen molar-refractivity contribution in [3.63, 3.8) is 0 Å². The fraction of sp³-hybridized carbons (Fsp3) is 0.0833. The van der Waals surface area contributed by atoms with Gasteiger partial charge in [-0.15, -0.1) is 0 Å². The molecule has 4 heteroatoms. The maximum Gasteiger partial charge on any atom is 0.205 e. The molecule has 3 aromatic carbocycles. The van der Waals surface area contributed by atoms with Gasteiger partial charge in [0.15, 0.2) is 0 Å². The van der Waals surface area contributed by atoms with Crippen LogP contribution in [0.15, 0.2) is 107 Å². The molecule has 1 aliphatic rings. The first-order valence-corrected chi connectivity index (χ1v) is 10.6. The second-order valence-electron chi connectivity index (χ2n) is 6.84. The highest BCUT2D eigenvalue weighted by Crippen LogP contribution is 2.37. The van der Waals surface area contributed by atoms with Gasteiger partial charge in [0.05, 0.1) is 9.80 Å². The van der Waals surface area contributed by atoms with Gasteiger partial charge in [-0.2, -0.15) is 0 Å². The Kier molecular flexibility index (Phi) is 4.88. The fourth-order valence-electron chi connectivity index (χ4n) is 3.35. The molecule has 1 heterocycles. The van der Waals surface area contributed by atoms with Crippen molar-refractivity contribution in [1.29, 1.82) is 0 Å². The van der Waals surface area contributed by atoms with E-state index in [-0.39, 0.29) is 5.92 Å². The molecule has 0 bridgehead atoms. The second kappa shape index (κ2) is 7.49. The van der Waals surface area contributed by atoms with Crippen molar-refractivity contribution in [2.45, 2.75) is 17.7 Å². The van der Waals surface area contributed by atoms with Crippen LogP contribution < -0.4 is 5.32 Å². The summed E-state index contributed by atoms with van der Waals surface area (Å²) in [6.45, 7) is 1.94. The third-order valence-electron chi connectivity index (χ3n) is 4.89. The first kappa shape index (κ1) is 18.3. The van der Waals surface area contributed by atoms with Crippen LogP contribution in [0.1, 0.15) is 22.6 Å². The lowest BCUT2D eigenvalue weighted by molar-refractivity contribution is 0.599. The highest BCUT2D eigenvalue weighted by Gasteiger charge is 2.31. The molecule has 0 fully saturated rings. The third kappa shape index (κ3) is 3.51. The van der Waals surface area contributed by atoms with Crippen molar-refractivity contribution < 1.29 is 8.42 Å². The van der Waals surface area contributed by atoms with Crippen LogP contribution in [0.3, 0.4) is 0 Å². The maximum atomic E-state index is 13.4. The van der Waals surface area contributed by atoms with Gasteiger partial charge in [-0.25, -0.2) is 8.42 Å². The molecule has 1 N–H and O–H groups in total. The largest absolute Gasteiger partial charge is 0.360 e. The molecule has 1 unspecified atom stereocenters. The van der Waals surface area contributed by atoms with Gasteiger partial charge >= 0.3 is 0 Å². The normalized spacial score (nSPS) is 16.7. The highest BCUT2D eigenvalue weighted by molar-refractivity contribution is 7.95. The quantitative estimate of drug-likeness (QED) is 0.682. The molecule has 3 aromatic rings. The molecular weight excluding hydrogens is 366 g/mol. The van der Waals surface area contributed by atoms with E-state index in [9.17, 15) is 8.42 Å². The van der Waals surface area contributed by atoms with Crippen LogP contribution in [0.5, 0.6) is 0 Å². The molecule has 0 aliphatic carbocycles. The highest BCUT2D eigenvalue weighted by atomic mass is 32.2. The molecular formula is C24H21NO2S. The Labute approximate surface area is 166 Å². The van der Waals surface area contributed by atoms with E-state index in [0.29, 0.717) is 9.80 Å². The molecule has 0 aromatic heterocycles. The fourth-order valence-corrected chi connectivity index (χ4v) is 4.87. The Balaban J connectivity index is 1.81. The zero-order chi connectivity index (χ0) is 19.6. The molecule has 1 aliphatic heterocycles. The molecule has 28 heavy (non-hydrogen) atoms. The first-order valence-electron chi connectivity index (χ1n) is 9.16. The molecule has 0 saturated heterocycles. The third-order valence-corrected chi connectivity index (χ3v) is 6.78. The number of hydrogen-bond donors (Lipinski definition) is 1. The molecule has 0 radical (unpaired) electrons. The average Bonchev–Trinajstić information content (AvgIpc) is 2.75. The summed E-state index contributed by atoms with van der Waals surface area (Å²) in [5.74, 6) is -0.357. The van der Waals surface area contributed by atoms with Gasteiger partial charge < -0.3 is 5.32 Å². The Hall–Kier alpha value is -3.11. The number of dihydropyridines is 1. The van der Waals surface area contributed by atoms with Crippen LogP contribution in [-0.2, 0) is 9.84 Å². The van der Waals surface area contributed by atoms with Gasteiger partial charge in [0, 0.05) is 17.8 Å². The zero-order valence-electron chi connectivity index (χ0n) is 15.5. The van der Waals surface area contributed by atoms with Gasteiger partial charge in [0.25, 0.3) is 0 Å². The molecule has 4 rings (SSSR count). The van der Waals surface area contributed by atoms with Gasteiger partial charge in [0.2, 0.25) is 9.84 Å². The van der Waals surface area contributed by atoms with E-state index < -0.39 is 9.84 Å². The number of aryl methyl sites for hydroxylation is 1. The van der Waals surface area contributed by atoms with E-state index in [4.69, 9.17) is 0 Å². The standard InChI is InChI=1S/C24H21NO2S/c1-18-12-14-21(15-13-18)28(26,27)24-17-25-23(20-10-6-3-7-11-20)16-22(24)19-8-4-2-5-9-19/h2-17,22,25H,1H3. The molecule has 0 saturated carbocycles. The van der Waals surface area contributed by atoms with Crippen LogP contribution in [0.4, 0.5) is 0 Å². The molecule has 0 amide bonds. The first-order chi connectivity index (χ1) is 13.6. The topological polar surface area (TPSA) is 46.2 Å². The SMILES string of the molecule is Cc1ccc(S(=O)(=O)C2=CNC(c3ccccc3)=CC2c2ccccc2)cc1. The minimum atomic E-state index is -3.63. The van der Waals surface area contributed by atoms with Crippen molar-refractivity contribution in [2.24, 2.45) is 0 Å². The lowest BCUT2D eigenvalue weighted by Crippen LogP contribution is -2.21. The Morgan fingerprint density at radius 2 is 1.39 bits per heavy atom. The van der Waals surface area contributed by atoms with Crippen molar-refractivity contribution in [3.05, 3.63) is 119 Å². The molecule has 140 valence electrons. The van der Waals surface area contributed by atoms with Gasteiger partial charge in [-0.05, 0) is 36.3 Å². The van der Waals surface area contributed by atoms with Crippen molar-refractivity contribution in [1.82, 2.24) is 5.32 Å². The Bertz CT molecular complexity index is 1130. The van der Waals surface area contributed by atoms with E-state index in [2.05, 4.69) is 5.32 Å². The average molecular weight is 388 g/mol. The van der Waals surface area contributed by atoms with Crippen molar-refractivity contribution in [3.8, 4) is 0 Å². The summed E-state index contributed by atoms with van der Waals surface area (Å²) in [5.41, 5.74) is 3.89. The minimum absolute atomic E-state index is 0.309. The summed E-state index contributed by atoms with van der Waals surface area (Å²) in [6, 6.07) is 26.6. The molecule has 1 atom stereocenters. The Morgan fingerprint density at radius 1 is 0.786 bits per heavy atom. The lowest BCUT2D eigenvalue weighted by atomic mass is 9.94. The van der Waals surface area contributed by atoms with Crippen LogP contribution in [0.25, 0.3) is 5.70 Å². The summed E-state index contributed by atoms with van der Waals surface area (Å²) in [5, 5.41) is 3.19. The van der Waals surface area contributed by atoms with Crippen LogP contribution >= 0.6 is 0 Å². The molecule has 0 spiro atoms. The van der Waals surface area contributed by atoms with Crippen LogP contribution in [0, 0.1) is 6.92 Å². The number of allylic oxidation sites excluding steroid dienone is 2. The van der Waals surface area contributed by atoms with Crippen molar-refractivity contribution in [2.75, 3.05) is 0 Å². The summed E-state index contributed by atoms with van der Waals surface area (Å²) in [6.07, 6.45) is 3.63. The van der Waals surface area contributed by atoms with E-state index in [1.807, 2.05) is 85.8 Å². The minimum Gasteiger partial charge on any atom is -0.360 e. The summed E-state index contributed by atoms with van der Waals surface area (Å²) < 4.78 is 26.8. The van der Waals surface area contributed by atoms with Gasteiger partial charge in [-0.1, -0.05) is 78.4 Å². The number of sulfone groups is 1. The second-order valence-corrected chi connectivity index (χ2v) is 8.79. The van der Waals surface area contributed by atoms with E-state index in [0.717, 1.165) is 22.4 Å². The number of rotatable bonds is 4. The lowest BCUT2D eigenvalue weighted by Gasteiger charge is -2.25. The van der Waals surface area contributed by atoms with Crippen LogP contribution in [-0.4, -0.2) is 8.42 Å². The predicted octanol–water partition coefficient (Wildman–Crippen LogP) is 5.04.